The maximum atomic E-state index is 11.7. The molecule has 0 aliphatic rings. The topological polar surface area (TPSA) is 58.6 Å². The molecule has 0 heterocycles. The number of rotatable bonds is 5. The molecule has 118 valence electrons. The first-order chi connectivity index (χ1) is 9.60. The van der Waals surface area contributed by atoms with Gasteiger partial charge in [-0.3, -0.25) is 10.1 Å². The number of ether oxygens (including phenoxy) is 1. The van der Waals surface area contributed by atoms with Gasteiger partial charge < -0.3 is 9.84 Å². The molecule has 2 N–H and O–H groups in total. The molecule has 1 rings (SSSR count). The van der Waals surface area contributed by atoms with Gasteiger partial charge in [0.2, 0.25) is 0 Å². The number of carbonyl (C=O) groups excluding carboxylic acids is 1. The van der Waals surface area contributed by atoms with Crippen molar-refractivity contribution in [2.24, 2.45) is 0 Å². The van der Waals surface area contributed by atoms with Crippen molar-refractivity contribution in [3.63, 3.8) is 0 Å². The Morgan fingerprint density at radius 1 is 1.24 bits per heavy atom. The minimum Gasteiger partial charge on any atom is -0.469 e. The highest BCUT2D eigenvalue weighted by Gasteiger charge is 2.28. The van der Waals surface area contributed by atoms with Crippen molar-refractivity contribution in [3.8, 4) is 0 Å². The molecule has 2 atom stereocenters. The van der Waals surface area contributed by atoms with Crippen LogP contribution >= 0.6 is 0 Å². The summed E-state index contributed by atoms with van der Waals surface area (Å²) in [5.41, 5.74) is 0.338. The molecule has 0 amide bonds. The monoisotopic (exact) mass is 293 g/mol. The van der Waals surface area contributed by atoms with Gasteiger partial charge in [0.1, 0.15) is 5.72 Å². The SMILES string of the molecule is CCC(C(=O)OC)c1ccc(C(C)(O)NC(C)(C)C)cc1. The fourth-order valence-electron chi connectivity index (χ4n) is 2.52. The zero-order valence-electron chi connectivity index (χ0n) is 13.9. The van der Waals surface area contributed by atoms with E-state index in [0.717, 1.165) is 11.1 Å². The molecule has 1 aromatic rings. The molecule has 0 fully saturated rings. The first kappa shape index (κ1) is 17.7. The Bertz CT molecular complexity index is 472. The maximum absolute atomic E-state index is 11.7. The lowest BCUT2D eigenvalue weighted by atomic mass is 9.93. The Morgan fingerprint density at radius 3 is 2.14 bits per heavy atom. The van der Waals surface area contributed by atoms with Crippen LogP contribution in [0.5, 0.6) is 0 Å². The predicted molar refractivity (Wildman–Crippen MR) is 83.9 cm³/mol. The van der Waals surface area contributed by atoms with Crippen molar-refractivity contribution in [1.82, 2.24) is 5.32 Å². The van der Waals surface area contributed by atoms with Gasteiger partial charge in [-0.2, -0.15) is 0 Å². The third-order valence-electron chi connectivity index (χ3n) is 3.39. The van der Waals surface area contributed by atoms with E-state index in [-0.39, 0.29) is 17.4 Å². The van der Waals surface area contributed by atoms with Crippen molar-refractivity contribution in [2.75, 3.05) is 7.11 Å². The van der Waals surface area contributed by atoms with Gasteiger partial charge in [-0.15, -0.1) is 0 Å². The van der Waals surface area contributed by atoms with Gasteiger partial charge in [-0.1, -0.05) is 31.2 Å². The van der Waals surface area contributed by atoms with Gasteiger partial charge in [-0.05, 0) is 45.2 Å². The summed E-state index contributed by atoms with van der Waals surface area (Å²) < 4.78 is 4.82. The quantitative estimate of drug-likeness (QED) is 0.647. The third-order valence-corrected chi connectivity index (χ3v) is 3.39. The third kappa shape index (κ3) is 4.83. The molecule has 0 spiro atoms. The Balaban J connectivity index is 2.99. The van der Waals surface area contributed by atoms with Gasteiger partial charge in [0, 0.05) is 5.54 Å². The Hall–Kier alpha value is -1.39. The predicted octanol–water partition coefficient (Wildman–Crippen LogP) is 2.91. The van der Waals surface area contributed by atoms with Crippen LogP contribution < -0.4 is 5.32 Å². The number of hydrogen-bond acceptors (Lipinski definition) is 4. The van der Waals surface area contributed by atoms with E-state index in [2.05, 4.69) is 5.32 Å². The lowest BCUT2D eigenvalue weighted by Crippen LogP contribution is -2.50. The molecule has 4 nitrogen and oxygen atoms in total. The van der Waals surface area contributed by atoms with Crippen LogP contribution in [0.4, 0.5) is 0 Å². The zero-order chi connectivity index (χ0) is 16.3. The van der Waals surface area contributed by atoms with Crippen molar-refractivity contribution >= 4 is 5.97 Å². The molecule has 0 aliphatic heterocycles. The van der Waals surface area contributed by atoms with E-state index in [9.17, 15) is 9.90 Å². The molecular formula is C17H27NO3. The molecule has 0 saturated heterocycles. The lowest BCUT2D eigenvalue weighted by molar-refractivity contribution is -0.142. The van der Waals surface area contributed by atoms with Crippen LogP contribution in [0.3, 0.4) is 0 Å². The molecule has 0 bridgehead atoms. The molecule has 2 unspecified atom stereocenters. The average Bonchev–Trinajstić information content (AvgIpc) is 2.37. The zero-order valence-corrected chi connectivity index (χ0v) is 13.9. The number of hydrogen-bond donors (Lipinski definition) is 2. The number of aliphatic hydroxyl groups is 1. The van der Waals surface area contributed by atoms with Gasteiger partial charge in [0.15, 0.2) is 0 Å². The fraction of sp³-hybridized carbons (Fsp3) is 0.588. The summed E-state index contributed by atoms with van der Waals surface area (Å²) in [6.07, 6.45) is 0.683. The van der Waals surface area contributed by atoms with Crippen LogP contribution in [-0.2, 0) is 15.3 Å². The van der Waals surface area contributed by atoms with E-state index in [1.807, 2.05) is 52.0 Å². The van der Waals surface area contributed by atoms with Crippen molar-refractivity contribution in [3.05, 3.63) is 35.4 Å². The normalized spacial score (nSPS) is 16.1. The molecule has 0 saturated carbocycles. The Morgan fingerprint density at radius 2 is 1.76 bits per heavy atom. The van der Waals surface area contributed by atoms with Gasteiger partial charge in [0.25, 0.3) is 0 Å². The highest BCUT2D eigenvalue weighted by molar-refractivity contribution is 5.77. The van der Waals surface area contributed by atoms with Gasteiger partial charge >= 0.3 is 5.97 Å². The standard InChI is InChI=1S/C17H27NO3/c1-7-14(15(19)21-6)12-8-10-13(11-9-12)17(5,20)18-16(2,3)4/h8-11,14,18,20H,7H2,1-6H3. The Labute approximate surface area is 127 Å². The van der Waals surface area contributed by atoms with Crippen molar-refractivity contribution in [2.45, 2.75) is 58.2 Å². The smallest absolute Gasteiger partial charge is 0.313 e. The van der Waals surface area contributed by atoms with Crippen LogP contribution in [0.1, 0.15) is 58.1 Å². The average molecular weight is 293 g/mol. The van der Waals surface area contributed by atoms with Crippen LogP contribution in [0.25, 0.3) is 0 Å². The summed E-state index contributed by atoms with van der Waals surface area (Å²) in [6.45, 7) is 9.68. The number of esters is 1. The van der Waals surface area contributed by atoms with Crippen molar-refractivity contribution < 1.29 is 14.6 Å². The second kappa shape index (κ2) is 6.58. The summed E-state index contributed by atoms with van der Waals surface area (Å²) in [4.78, 5) is 11.7. The number of methoxy groups -OCH3 is 1. The van der Waals surface area contributed by atoms with E-state index < -0.39 is 5.72 Å². The molecule has 0 aromatic heterocycles. The van der Waals surface area contributed by atoms with E-state index in [0.29, 0.717) is 6.42 Å². The first-order valence-electron chi connectivity index (χ1n) is 7.30. The highest BCUT2D eigenvalue weighted by Crippen LogP contribution is 2.25. The second-order valence-corrected chi connectivity index (χ2v) is 6.55. The van der Waals surface area contributed by atoms with E-state index >= 15 is 0 Å². The molecule has 1 aromatic carbocycles. The van der Waals surface area contributed by atoms with E-state index in [1.165, 1.54) is 7.11 Å². The van der Waals surface area contributed by atoms with Crippen LogP contribution in [0.15, 0.2) is 24.3 Å². The summed E-state index contributed by atoms with van der Waals surface area (Å²) in [7, 11) is 1.40. The van der Waals surface area contributed by atoms with Crippen LogP contribution in [0, 0.1) is 0 Å². The summed E-state index contributed by atoms with van der Waals surface area (Å²) in [6, 6.07) is 7.44. The van der Waals surface area contributed by atoms with E-state index in [4.69, 9.17) is 4.74 Å². The van der Waals surface area contributed by atoms with Crippen LogP contribution in [-0.4, -0.2) is 23.7 Å². The number of carbonyl (C=O) groups is 1. The summed E-state index contributed by atoms with van der Waals surface area (Å²) in [5.74, 6) is -0.491. The highest BCUT2D eigenvalue weighted by atomic mass is 16.5. The Kier molecular flexibility index (Phi) is 5.54. The molecular weight excluding hydrogens is 266 g/mol. The maximum Gasteiger partial charge on any atom is 0.313 e. The van der Waals surface area contributed by atoms with Crippen molar-refractivity contribution in [1.29, 1.82) is 0 Å². The summed E-state index contributed by atoms with van der Waals surface area (Å²) in [5, 5.41) is 13.7. The molecule has 0 radical (unpaired) electrons. The largest absolute Gasteiger partial charge is 0.469 e. The second-order valence-electron chi connectivity index (χ2n) is 6.55. The molecule has 21 heavy (non-hydrogen) atoms. The summed E-state index contributed by atoms with van der Waals surface area (Å²) >= 11 is 0. The minimum atomic E-state index is -1.12. The van der Waals surface area contributed by atoms with Gasteiger partial charge in [0.05, 0.1) is 13.0 Å². The van der Waals surface area contributed by atoms with Crippen LogP contribution in [0.2, 0.25) is 0 Å². The van der Waals surface area contributed by atoms with Gasteiger partial charge in [-0.25, -0.2) is 0 Å². The first-order valence-corrected chi connectivity index (χ1v) is 7.30. The number of nitrogens with one attached hydrogen (secondary N) is 1. The van der Waals surface area contributed by atoms with E-state index in [1.54, 1.807) is 6.92 Å². The molecule has 4 heteroatoms. The lowest BCUT2D eigenvalue weighted by Gasteiger charge is -2.34. The molecule has 0 aliphatic carbocycles. The minimum absolute atomic E-state index is 0.208. The fourth-order valence-corrected chi connectivity index (χ4v) is 2.52. The number of benzene rings is 1.